The Morgan fingerprint density at radius 3 is 3.00 bits per heavy atom. The van der Waals surface area contributed by atoms with Crippen molar-refractivity contribution in [1.29, 1.82) is 0 Å². The Hall–Kier alpha value is -2.94. The fourth-order valence-electron chi connectivity index (χ4n) is 4.07. The summed E-state index contributed by atoms with van der Waals surface area (Å²) in [5.41, 5.74) is 2.61. The maximum atomic E-state index is 14.5. The normalized spacial score (nSPS) is 16.9. The molecule has 34 heavy (non-hydrogen) atoms. The minimum atomic E-state index is -0.465. The molecule has 2 N–H and O–H groups in total. The third-order valence-corrected chi connectivity index (χ3v) is 6.89. The molecule has 1 fully saturated rings. The van der Waals surface area contributed by atoms with Gasteiger partial charge in [-0.15, -0.1) is 0 Å². The zero-order chi connectivity index (χ0) is 23.3. The van der Waals surface area contributed by atoms with E-state index in [1.54, 1.807) is 30.4 Å². The molecule has 9 heteroatoms. The van der Waals surface area contributed by atoms with Gasteiger partial charge < -0.3 is 10.3 Å². The van der Waals surface area contributed by atoms with Crippen molar-refractivity contribution in [3.63, 3.8) is 0 Å². The fourth-order valence-corrected chi connectivity index (χ4v) is 5.15. The van der Waals surface area contributed by atoms with Gasteiger partial charge in [-0.2, -0.15) is 0 Å². The number of anilines is 1. The SMILES string of the molecule is Fc1cnc(-c2c[nH]c3ncc(Cl)cc23)nc1NCC1CCCN(S/C=C/c2ccccc2)C1. The number of nitrogens with one attached hydrogen (secondary N) is 2. The lowest BCUT2D eigenvalue weighted by atomic mass is 10.00. The van der Waals surface area contributed by atoms with Gasteiger partial charge in [0, 0.05) is 43.0 Å². The summed E-state index contributed by atoms with van der Waals surface area (Å²) in [5, 5.41) is 6.66. The molecule has 0 amide bonds. The van der Waals surface area contributed by atoms with Crippen LogP contribution in [0.4, 0.5) is 10.2 Å². The Kier molecular flexibility index (Phi) is 7.08. The highest BCUT2D eigenvalue weighted by Gasteiger charge is 2.21. The Morgan fingerprint density at radius 2 is 2.12 bits per heavy atom. The minimum Gasteiger partial charge on any atom is -0.367 e. The molecule has 5 rings (SSSR count). The van der Waals surface area contributed by atoms with Crippen molar-refractivity contribution in [2.24, 2.45) is 5.92 Å². The Balaban J connectivity index is 1.22. The first-order valence-electron chi connectivity index (χ1n) is 11.2. The van der Waals surface area contributed by atoms with Crippen LogP contribution in [0.2, 0.25) is 5.02 Å². The monoisotopic (exact) mass is 494 g/mol. The van der Waals surface area contributed by atoms with Gasteiger partial charge >= 0.3 is 0 Å². The van der Waals surface area contributed by atoms with Crippen LogP contribution in [0.5, 0.6) is 0 Å². The van der Waals surface area contributed by atoms with E-state index in [0.717, 1.165) is 36.9 Å². The maximum absolute atomic E-state index is 14.5. The standard InChI is InChI=1S/C25H24ClFN6S/c26-19-11-20-21(14-30-23(20)29-13-19)24-31-15-22(27)25(32-24)28-12-18-7-4-9-33(16-18)34-10-8-17-5-2-1-3-6-17/h1-3,5-6,8,10-11,13-15,18H,4,7,9,12,16H2,(H,29,30)(H,28,31,32)/b10-8+. The Bertz CT molecular complexity index is 1300. The van der Waals surface area contributed by atoms with Gasteiger partial charge in [0.15, 0.2) is 17.5 Å². The van der Waals surface area contributed by atoms with Crippen molar-refractivity contribution in [2.75, 3.05) is 25.0 Å². The van der Waals surface area contributed by atoms with Crippen LogP contribution in [0.3, 0.4) is 0 Å². The molecule has 1 aliphatic rings. The molecule has 1 aliphatic heterocycles. The highest BCUT2D eigenvalue weighted by atomic mass is 35.5. The van der Waals surface area contributed by atoms with Gasteiger partial charge in [-0.05, 0) is 41.9 Å². The molecule has 174 valence electrons. The molecule has 0 bridgehead atoms. The first-order valence-corrected chi connectivity index (χ1v) is 12.4. The van der Waals surface area contributed by atoms with Crippen molar-refractivity contribution in [2.45, 2.75) is 12.8 Å². The third-order valence-electron chi connectivity index (χ3n) is 5.79. The minimum absolute atomic E-state index is 0.211. The maximum Gasteiger partial charge on any atom is 0.183 e. The largest absolute Gasteiger partial charge is 0.367 e. The number of hydrogen-bond donors (Lipinski definition) is 2. The fraction of sp³-hybridized carbons (Fsp3) is 0.240. The van der Waals surface area contributed by atoms with Crippen molar-refractivity contribution in [3.05, 3.63) is 76.8 Å². The van der Waals surface area contributed by atoms with Gasteiger partial charge in [0.2, 0.25) is 0 Å². The number of hydrogen-bond acceptors (Lipinski definition) is 6. The summed E-state index contributed by atoms with van der Waals surface area (Å²) in [6.07, 6.45) is 8.88. The summed E-state index contributed by atoms with van der Waals surface area (Å²) in [5.74, 6) is 0.571. The van der Waals surface area contributed by atoms with Gasteiger partial charge in [0.05, 0.1) is 11.2 Å². The van der Waals surface area contributed by atoms with E-state index in [0.29, 0.717) is 29.0 Å². The molecule has 1 unspecified atom stereocenters. The molecule has 4 heterocycles. The second-order valence-corrected chi connectivity index (χ2v) is 9.67. The van der Waals surface area contributed by atoms with Crippen LogP contribution < -0.4 is 5.32 Å². The van der Waals surface area contributed by atoms with Gasteiger partial charge in [-0.3, -0.25) is 0 Å². The first-order chi connectivity index (χ1) is 16.7. The molecule has 0 aliphatic carbocycles. The average molecular weight is 495 g/mol. The van der Waals surface area contributed by atoms with E-state index in [1.807, 2.05) is 18.2 Å². The summed E-state index contributed by atoms with van der Waals surface area (Å²) in [6.45, 7) is 2.63. The predicted molar refractivity (Wildman–Crippen MR) is 138 cm³/mol. The van der Waals surface area contributed by atoms with Gasteiger partial charge in [0.25, 0.3) is 0 Å². The lowest BCUT2D eigenvalue weighted by Gasteiger charge is -2.31. The molecule has 4 aromatic rings. The molecule has 3 aromatic heterocycles. The van der Waals surface area contributed by atoms with E-state index in [9.17, 15) is 4.39 Å². The highest BCUT2D eigenvalue weighted by Crippen LogP contribution is 2.29. The predicted octanol–water partition coefficient (Wildman–Crippen LogP) is 6.26. The second-order valence-electron chi connectivity index (χ2n) is 8.24. The van der Waals surface area contributed by atoms with Gasteiger partial charge in [0.1, 0.15) is 5.65 Å². The van der Waals surface area contributed by atoms with Crippen molar-refractivity contribution < 1.29 is 4.39 Å². The average Bonchev–Trinajstić information content (AvgIpc) is 3.27. The zero-order valence-electron chi connectivity index (χ0n) is 18.4. The number of piperidine rings is 1. The molecule has 1 atom stereocenters. The van der Waals surface area contributed by atoms with E-state index in [1.165, 1.54) is 11.8 Å². The first kappa shape index (κ1) is 22.8. The van der Waals surface area contributed by atoms with E-state index in [-0.39, 0.29) is 5.82 Å². The topological polar surface area (TPSA) is 69.7 Å². The van der Waals surface area contributed by atoms with Crippen LogP contribution >= 0.6 is 23.5 Å². The zero-order valence-corrected chi connectivity index (χ0v) is 20.0. The molecule has 0 saturated carbocycles. The van der Waals surface area contributed by atoms with E-state index in [2.05, 4.69) is 53.2 Å². The van der Waals surface area contributed by atoms with E-state index < -0.39 is 5.82 Å². The lowest BCUT2D eigenvalue weighted by molar-refractivity contribution is 0.296. The number of aromatic amines is 1. The lowest BCUT2D eigenvalue weighted by Crippen LogP contribution is -2.33. The molecular formula is C25H24ClFN6S. The molecular weight excluding hydrogens is 471 g/mol. The second kappa shape index (κ2) is 10.5. The Labute approximate surface area is 206 Å². The van der Waals surface area contributed by atoms with Crippen molar-refractivity contribution >= 4 is 46.5 Å². The molecule has 6 nitrogen and oxygen atoms in total. The van der Waals surface area contributed by atoms with Crippen LogP contribution in [-0.4, -0.2) is 43.9 Å². The molecule has 0 radical (unpaired) electrons. The quantitative estimate of drug-likeness (QED) is 0.296. The number of fused-ring (bicyclic) bond motifs is 1. The highest BCUT2D eigenvalue weighted by molar-refractivity contribution is 8.00. The summed E-state index contributed by atoms with van der Waals surface area (Å²) < 4.78 is 16.9. The molecule has 0 spiro atoms. The summed E-state index contributed by atoms with van der Waals surface area (Å²) in [6, 6.07) is 12.1. The molecule has 1 aromatic carbocycles. The van der Waals surface area contributed by atoms with Gasteiger partial charge in [-0.1, -0.05) is 53.9 Å². The summed E-state index contributed by atoms with van der Waals surface area (Å²) >= 11 is 7.83. The number of nitrogens with zero attached hydrogens (tertiary/aromatic N) is 4. The van der Waals surface area contributed by atoms with Crippen LogP contribution in [0, 0.1) is 11.7 Å². The summed E-state index contributed by atoms with van der Waals surface area (Å²) in [4.78, 5) is 16.0. The Morgan fingerprint density at radius 1 is 1.24 bits per heavy atom. The number of halogens is 2. The van der Waals surface area contributed by atoms with E-state index in [4.69, 9.17) is 11.6 Å². The number of H-pyrrole nitrogens is 1. The number of rotatable bonds is 7. The molecule has 1 saturated heterocycles. The third kappa shape index (κ3) is 5.41. The number of benzene rings is 1. The number of aromatic nitrogens is 4. The van der Waals surface area contributed by atoms with Crippen LogP contribution in [0.25, 0.3) is 28.5 Å². The van der Waals surface area contributed by atoms with Crippen LogP contribution in [0.1, 0.15) is 18.4 Å². The van der Waals surface area contributed by atoms with Crippen LogP contribution in [-0.2, 0) is 0 Å². The van der Waals surface area contributed by atoms with Crippen molar-refractivity contribution in [1.82, 2.24) is 24.2 Å². The van der Waals surface area contributed by atoms with E-state index >= 15 is 0 Å². The van der Waals surface area contributed by atoms with Gasteiger partial charge in [-0.25, -0.2) is 23.6 Å². The summed E-state index contributed by atoms with van der Waals surface area (Å²) in [7, 11) is 0. The van der Waals surface area contributed by atoms with Crippen molar-refractivity contribution in [3.8, 4) is 11.4 Å². The van der Waals surface area contributed by atoms with Crippen LogP contribution in [0.15, 0.2) is 60.4 Å². The smallest absolute Gasteiger partial charge is 0.183 e. The number of pyridine rings is 1.